The van der Waals surface area contributed by atoms with Crippen molar-refractivity contribution in [1.82, 2.24) is 4.98 Å². The molecule has 1 aromatic heterocycles. The normalized spacial score (nSPS) is 10.9. The fraction of sp³-hybridized carbons (Fsp3) is 0.143. The number of nitrogens with zero attached hydrogens (tertiary/aromatic N) is 2. The van der Waals surface area contributed by atoms with Crippen molar-refractivity contribution in [3.05, 3.63) is 23.5 Å². The minimum Gasteiger partial charge on any atom is -0.399 e. The van der Waals surface area contributed by atoms with Crippen LogP contribution in [0.25, 0.3) is 0 Å². The lowest BCUT2D eigenvalue weighted by molar-refractivity contribution is -0.275. The molecular weight excluding hydrogens is 223 g/mol. The number of rotatable bonds is 1. The van der Waals surface area contributed by atoms with Crippen LogP contribution in [0.15, 0.2) is 6.07 Å². The van der Waals surface area contributed by atoms with E-state index in [9.17, 15) is 22.0 Å². The van der Waals surface area contributed by atoms with Crippen molar-refractivity contribution >= 4 is 0 Å². The van der Waals surface area contributed by atoms with E-state index in [1.54, 1.807) is 0 Å². The van der Waals surface area contributed by atoms with E-state index in [2.05, 4.69) is 9.72 Å². The van der Waals surface area contributed by atoms with Crippen LogP contribution in [-0.4, -0.2) is 11.3 Å². The smallest absolute Gasteiger partial charge is 0.399 e. The number of aromatic nitrogens is 1. The zero-order valence-corrected chi connectivity index (χ0v) is 6.77. The Morgan fingerprint density at radius 2 is 1.93 bits per heavy atom. The van der Waals surface area contributed by atoms with E-state index in [4.69, 9.17) is 5.26 Å². The highest BCUT2D eigenvalue weighted by Crippen LogP contribution is 2.27. The van der Waals surface area contributed by atoms with Crippen molar-refractivity contribution in [1.29, 1.82) is 5.26 Å². The number of alkyl halides is 3. The Morgan fingerprint density at radius 3 is 2.40 bits per heavy atom. The lowest BCUT2D eigenvalue weighted by Crippen LogP contribution is -2.19. The molecule has 0 saturated carbocycles. The third-order valence-corrected chi connectivity index (χ3v) is 1.22. The quantitative estimate of drug-likeness (QED) is 0.542. The summed E-state index contributed by atoms with van der Waals surface area (Å²) >= 11 is 0. The Hall–Kier alpha value is -1.91. The van der Waals surface area contributed by atoms with E-state index < -0.39 is 29.6 Å². The number of pyridine rings is 1. The van der Waals surface area contributed by atoms with Crippen LogP contribution in [0.4, 0.5) is 22.0 Å². The first-order chi connectivity index (χ1) is 6.83. The van der Waals surface area contributed by atoms with Crippen LogP contribution in [0.5, 0.6) is 5.75 Å². The topological polar surface area (TPSA) is 45.9 Å². The Morgan fingerprint density at radius 1 is 1.33 bits per heavy atom. The summed E-state index contributed by atoms with van der Waals surface area (Å²) in [5, 5.41) is 8.27. The van der Waals surface area contributed by atoms with Crippen molar-refractivity contribution < 1.29 is 26.7 Å². The molecule has 0 aliphatic rings. The van der Waals surface area contributed by atoms with Gasteiger partial charge in [-0.15, -0.1) is 13.2 Å². The third-order valence-electron chi connectivity index (χ3n) is 1.22. The molecule has 0 aliphatic carbocycles. The maximum atomic E-state index is 12.8. The summed E-state index contributed by atoms with van der Waals surface area (Å²) in [6.45, 7) is 0. The predicted octanol–water partition coefficient (Wildman–Crippen LogP) is 2.13. The standard InChI is InChI=1S/C7HF5N2O/c8-3-1-5(9)14-4(2-13)6(3)15-7(10,11)12/h1H. The minimum absolute atomic E-state index is 0.0852. The van der Waals surface area contributed by atoms with Gasteiger partial charge < -0.3 is 4.74 Å². The Bertz CT molecular complexity index is 423. The maximum Gasteiger partial charge on any atom is 0.573 e. The summed E-state index contributed by atoms with van der Waals surface area (Å²) in [5.74, 6) is -4.48. The van der Waals surface area contributed by atoms with Crippen molar-refractivity contribution in [3.63, 3.8) is 0 Å². The van der Waals surface area contributed by atoms with Gasteiger partial charge in [0.15, 0.2) is 11.5 Å². The van der Waals surface area contributed by atoms with Gasteiger partial charge in [0.2, 0.25) is 11.7 Å². The Labute approximate surface area is 79.7 Å². The van der Waals surface area contributed by atoms with Crippen molar-refractivity contribution in [2.24, 2.45) is 0 Å². The number of halogens is 5. The van der Waals surface area contributed by atoms with E-state index in [1.807, 2.05) is 0 Å². The molecule has 0 atom stereocenters. The van der Waals surface area contributed by atoms with Crippen LogP contribution in [0.3, 0.4) is 0 Å². The highest BCUT2D eigenvalue weighted by atomic mass is 19.4. The second kappa shape index (κ2) is 3.68. The molecule has 3 nitrogen and oxygen atoms in total. The van der Waals surface area contributed by atoms with E-state index in [0.29, 0.717) is 0 Å². The van der Waals surface area contributed by atoms with Crippen molar-refractivity contribution in [2.75, 3.05) is 0 Å². The fourth-order valence-corrected chi connectivity index (χ4v) is 0.762. The maximum absolute atomic E-state index is 12.8. The van der Waals surface area contributed by atoms with Gasteiger partial charge in [-0.2, -0.15) is 9.65 Å². The van der Waals surface area contributed by atoms with Crippen LogP contribution in [0.1, 0.15) is 5.69 Å². The van der Waals surface area contributed by atoms with E-state index in [1.165, 1.54) is 0 Å². The molecule has 80 valence electrons. The summed E-state index contributed by atoms with van der Waals surface area (Å²) in [6, 6.07) is 1.17. The van der Waals surface area contributed by atoms with Gasteiger partial charge in [0.05, 0.1) is 0 Å². The van der Waals surface area contributed by atoms with Gasteiger partial charge >= 0.3 is 6.36 Å². The number of hydrogen-bond donors (Lipinski definition) is 0. The molecule has 8 heteroatoms. The molecule has 0 fully saturated rings. The van der Waals surface area contributed by atoms with Crippen LogP contribution < -0.4 is 4.74 Å². The summed E-state index contributed by atoms with van der Waals surface area (Å²) in [5.41, 5.74) is -1.11. The molecule has 1 aromatic rings. The number of hydrogen-bond acceptors (Lipinski definition) is 3. The predicted molar refractivity (Wildman–Crippen MR) is 35.6 cm³/mol. The van der Waals surface area contributed by atoms with E-state index >= 15 is 0 Å². The average molecular weight is 224 g/mol. The average Bonchev–Trinajstić information content (AvgIpc) is 2.07. The molecule has 0 aliphatic heterocycles. The van der Waals surface area contributed by atoms with Gasteiger partial charge in [-0.05, 0) is 0 Å². The second-order valence-corrected chi connectivity index (χ2v) is 2.26. The van der Waals surface area contributed by atoms with Gasteiger partial charge in [-0.25, -0.2) is 9.37 Å². The largest absolute Gasteiger partial charge is 0.573 e. The molecule has 1 rings (SSSR count). The molecular formula is C7HF5N2O. The number of ether oxygens (including phenoxy) is 1. The third kappa shape index (κ3) is 2.77. The monoisotopic (exact) mass is 224 g/mol. The second-order valence-electron chi connectivity index (χ2n) is 2.26. The van der Waals surface area contributed by atoms with Gasteiger partial charge in [0.1, 0.15) is 6.07 Å². The molecule has 0 aromatic carbocycles. The first-order valence-electron chi connectivity index (χ1n) is 3.35. The van der Waals surface area contributed by atoms with Gasteiger partial charge in [0, 0.05) is 6.07 Å². The first-order valence-corrected chi connectivity index (χ1v) is 3.35. The highest BCUT2D eigenvalue weighted by Gasteiger charge is 2.34. The summed E-state index contributed by atoms with van der Waals surface area (Å²) in [4.78, 5) is 2.74. The van der Waals surface area contributed by atoms with Crippen LogP contribution in [-0.2, 0) is 0 Å². The molecule has 1 heterocycles. The lowest BCUT2D eigenvalue weighted by Gasteiger charge is -2.09. The summed E-state index contributed by atoms with van der Waals surface area (Å²) in [7, 11) is 0. The van der Waals surface area contributed by atoms with Gasteiger partial charge in [-0.1, -0.05) is 0 Å². The fourth-order valence-electron chi connectivity index (χ4n) is 0.762. The molecule has 0 amide bonds. The van der Waals surface area contributed by atoms with E-state index in [0.717, 1.165) is 6.07 Å². The van der Waals surface area contributed by atoms with E-state index in [-0.39, 0.29) is 6.07 Å². The molecule has 0 radical (unpaired) electrons. The zero-order chi connectivity index (χ0) is 11.6. The Kier molecular flexibility index (Phi) is 2.74. The van der Waals surface area contributed by atoms with Crippen LogP contribution in [0.2, 0.25) is 0 Å². The van der Waals surface area contributed by atoms with Crippen molar-refractivity contribution in [2.45, 2.75) is 6.36 Å². The molecule has 15 heavy (non-hydrogen) atoms. The number of nitriles is 1. The van der Waals surface area contributed by atoms with Gasteiger partial charge in [-0.3, -0.25) is 0 Å². The molecule has 0 unspecified atom stereocenters. The highest BCUT2D eigenvalue weighted by molar-refractivity contribution is 5.38. The van der Waals surface area contributed by atoms with Gasteiger partial charge in [0.25, 0.3) is 0 Å². The summed E-state index contributed by atoms with van der Waals surface area (Å²) < 4.78 is 63.5. The SMILES string of the molecule is N#Cc1nc(F)cc(F)c1OC(F)(F)F. The van der Waals surface area contributed by atoms with Crippen LogP contribution in [0, 0.1) is 23.1 Å². The molecule has 0 bridgehead atoms. The van der Waals surface area contributed by atoms with Crippen LogP contribution >= 0.6 is 0 Å². The molecule has 0 spiro atoms. The minimum atomic E-state index is -5.17. The molecule has 0 saturated heterocycles. The first kappa shape index (κ1) is 11.2. The lowest BCUT2D eigenvalue weighted by atomic mass is 10.3. The zero-order valence-electron chi connectivity index (χ0n) is 6.77. The van der Waals surface area contributed by atoms with Crippen molar-refractivity contribution in [3.8, 4) is 11.8 Å². The summed E-state index contributed by atoms with van der Waals surface area (Å²) in [6.07, 6.45) is -5.17. The Balaban J connectivity index is 3.23. The molecule has 0 N–H and O–H groups in total.